The topological polar surface area (TPSA) is 78.4 Å². The number of aromatic amines is 1. The number of carbonyl (C=O) groups is 1. The number of hydrogen-bond donors (Lipinski definition) is 1. The van der Waals surface area contributed by atoms with Gasteiger partial charge in [-0.3, -0.25) is 19.5 Å². The molecule has 0 aliphatic heterocycles. The maximum atomic E-state index is 13.0. The van der Waals surface area contributed by atoms with Crippen molar-refractivity contribution in [2.24, 2.45) is 0 Å². The molecule has 0 radical (unpaired) electrons. The van der Waals surface area contributed by atoms with Crippen molar-refractivity contribution in [2.45, 2.75) is 19.4 Å². The molecule has 0 spiro atoms. The van der Waals surface area contributed by atoms with E-state index in [9.17, 15) is 14.4 Å². The van der Waals surface area contributed by atoms with Crippen molar-refractivity contribution in [3.8, 4) is 0 Å². The third-order valence-corrected chi connectivity index (χ3v) is 5.08. The van der Waals surface area contributed by atoms with Crippen LogP contribution in [0.1, 0.15) is 12.0 Å². The van der Waals surface area contributed by atoms with Gasteiger partial charge in [0.25, 0.3) is 11.1 Å². The Kier molecular flexibility index (Phi) is 7.19. The Bertz CT molecular complexity index is 1100. The zero-order valence-electron chi connectivity index (χ0n) is 17.5. The number of aromatic nitrogens is 2. The molecule has 0 aliphatic rings. The molecule has 2 aromatic carbocycles. The third-order valence-electron chi connectivity index (χ3n) is 5.08. The monoisotopic (exact) mass is 408 g/mol. The molecule has 0 aliphatic carbocycles. The highest BCUT2D eigenvalue weighted by atomic mass is 16.2. The smallest absolute Gasteiger partial charge is 0.273 e. The Hall–Kier alpha value is -3.19. The summed E-state index contributed by atoms with van der Waals surface area (Å²) >= 11 is 0. The number of nitrogens with one attached hydrogen (secondary N) is 1. The fraction of sp³-hybridized carbons (Fsp3) is 0.348. The van der Waals surface area contributed by atoms with Crippen LogP contribution in [-0.4, -0.2) is 59.2 Å². The number of fused-ring (bicyclic) bond motifs is 1. The van der Waals surface area contributed by atoms with Crippen molar-refractivity contribution >= 4 is 16.7 Å². The molecule has 0 bridgehead atoms. The molecule has 3 rings (SSSR count). The number of carbonyl (C=O) groups excluding carboxylic acids is 1. The molecule has 158 valence electrons. The van der Waals surface area contributed by atoms with Gasteiger partial charge in [-0.25, -0.2) is 4.68 Å². The summed E-state index contributed by atoms with van der Waals surface area (Å²) in [5.74, 6) is -0.182. The van der Waals surface area contributed by atoms with Crippen molar-refractivity contribution in [1.82, 2.24) is 19.6 Å². The molecule has 7 heteroatoms. The highest BCUT2D eigenvalue weighted by molar-refractivity contribution is 5.81. The lowest BCUT2D eigenvalue weighted by atomic mass is 10.1. The van der Waals surface area contributed by atoms with E-state index in [-0.39, 0.29) is 23.6 Å². The summed E-state index contributed by atoms with van der Waals surface area (Å²) in [5, 5.41) is 3.19. The summed E-state index contributed by atoms with van der Waals surface area (Å²) < 4.78 is 1.12. The Morgan fingerprint density at radius 1 is 0.900 bits per heavy atom. The Balaban J connectivity index is 1.74. The molecule has 1 N–H and O–H groups in total. The molecule has 0 saturated carbocycles. The number of likely N-dealkylation sites (N-methyl/N-ethyl adjacent to an activating group) is 1. The molecule has 1 amide bonds. The van der Waals surface area contributed by atoms with Crippen LogP contribution in [0, 0.1) is 0 Å². The van der Waals surface area contributed by atoms with Gasteiger partial charge in [-0.2, -0.15) is 0 Å². The molecule has 0 fully saturated rings. The Morgan fingerprint density at radius 3 is 2.27 bits per heavy atom. The summed E-state index contributed by atoms with van der Waals surface area (Å²) in [5.41, 5.74) is 0.491. The van der Waals surface area contributed by atoms with Crippen molar-refractivity contribution in [3.63, 3.8) is 0 Å². The van der Waals surface area contributed by atoms with Crippen LogP contribution < -0.4 is 11.1 Å². The zero-order chi connectivity index (χ0) is 21.5. The van der Waals surface area contributed by atoms with Crippen molar-refractivity contribution in [3.05, 3.63) is 80.9 Å². The van der Waals surface area contributed by atoms with E-state index >= 15 is 0 Å². The Labute approximate surface area is 175 Å². The summed E-state index contributed by atoms with van der Waals surface area (Å²) in [6.45, 7) is 1.69. The minimum atomic E-state index is -0.373. The van der Waals surface area contributed by atoms with Gasteiger partial charge >= 0.3 is 0 Å². The molecular weight excluding hydrogens is 380 g/mol. The van der Waals surface area contributed by atoms with Crippen LogP contribution in [0.3, 0.4) is 0 Å². The van der Waals surface area contributed by atoms with Gasteiger partial charge in [0.2, 0.25) is 5.91 Å². The molecule has 1 heterocycles. The van der Waals surface area contributed by atoms with Gasteiger partial charge in [-0.1, -0.05) is 42.5 Å². The molecule has 0 saturated heterocycles. The first-order chi connectivity index (χ1) is 14.5. The second-order valence-electron chi connectivity index (χ2n) is 7.65. The van der Waals surface area contributed by atoms with Crippen molar-refractivity contribution in [2.75, 3.05) is 33.7 Å². The predicted octanol–water partition coefficient (Wildman–Crippen LogP) is 1.71. The maximum absolute atomic E-state index is 13.0. The third kappa shape index (κ3) is 5.45. The van der Waals surface area contributed by atoms with Crippen molar-refractivity contribution in [1.29, 1.82) is 0 Å². The minimum Gasteiger partial charge on any atom is -0.340 e. The highest BCUT2D eigenvalue weighted by Crippen LogP contribution is 2.06. The normalized spacial score (nSPS) is 11.2. The largest absolute Gasteiger partial charge is 0.340 e. The molecule has 0 unspecified atom stereocenters. The van der Waals surface area contributed by atoms with Crippen LogP contribution in [0.15, 0.2) is 64.2 Å². The molecule has 3 aromatic rings. The fourth-order valence-corrected chi connectivity index (χ4v) is 3.39. The average Bonchev–Trinajstić information content (AvgIpc) is 2.74. The first-order valence-corrected chi connectivity index (χ1v) is 10.1. The van der Waals surface area contributed by atoms with E-state index in [1.807, 2.05) is 37.2 Å². The van der Waals surface area contributed by atoms with Gasteiger partial charge < -0.3 is 9.80 Å². The molecular formula is C23H28N4O3. The van der Waals surface area contributed by atoms with E-state index in [4.69, 9.17) is 0 Å². The van der Waals surface area contributed by atoms with Gasteiger partial charge in [-0.15, -0.1) is 0 Å². The van der Waals surface area contributed by atoms with Crippen LogP contribution in [0.2, 0.25) is 0 Å². The Morgan fingerprint density at radius 2 is 1.57 bits per heavy atom. The van der Waals surface area contributed by atoms with E-state index in [2.05, 4.69) is 17.2 Å². The molecule has 7 nitrogen and oxygen atoms in total. The predicted molar refractivity (Wildman–Crippen MR) is 119 cm³/mol. The maximum Gasteiger partial charge on any atom is 0.273 e. The van der Waals surface area contributed by atoms with Crippen LogP contribution >= 0.6 is 0 Å². The van der Waals surface area contributed by atoms with Crippen LogP contribution in [0.25, 0.3) is 10.8 Å². The lowest BCUT2D eigenvalue weighted by molar-refractivity contribution is -0.132. The van der Waals surface area contributed by atoms with E-state index in [1.54, 1.807) is 29.2 Å². The fourth-order valence-electron chi connectivity index (χ4n) is 3.39. The van der Waals surface area contributed by atoms with Gasteiger partial charge in [0.15, 0.2) is 0 Å². The number of hydrogen-bond acceptors (Lipinski definition) is 4. The SMILES string of the molecule is CN(C)CCN(CCCc1ccccc1)C(=O)Cn1[nH]c(=O)c2ccccc2c1=O. The van der Waals surface area contributed by atoms with E-state index in [0.717, 1.165) is 24.1 Å². The van der Waals surface area contributed by atoms with Crippen molar-refractivity contribution < 1.29 is 4.79 Å². The number of aryl methyl sites for hydroxylation is 1. The summed E-state index contributed by atoms with van der Waals surface area (Å²) in [6.07, 6.45) is 1.70. The number of rotatable bonds is 9. The van der Waals surface area contributed by atoms with Gasteiger partial charge in [0.05, 0.1) is 10.8 Å². The number of benzene rings is 2. The lowest BCUT2D eigenvalue weighted by Crippen LogP contribution is -2.42. The van der Waals surface area contributed by atoms with E-state index < -0.39 is 0 Å². The first kappa shape index (κ1) is 21.5. The summed E-state index contributed by atoms with van der Waals surface area (Å²) in [6, 6.07) is 16.8. The molecule has 30 heavy (non-hydrogen) atoms. The van der Waals surface area contributed by atoms with Gasteiger partial charge in [0, 0.05) is 19.6 Å². The van der Waals surface area contributed by atoms with E-state index in [0.29, 0.717) is 23.9 Å². The average molecular weight is 409 g/mol. The van der Waals surface area contributed by atoms with Crippen LogP contribution in [0.5, 0.6) is 0 Å². The summed E-state index contributed by atoms with van der Waals surface area (Å²) in [4.78, 5) is 41.8. The quantitative estimate of drug-likeness (QED) is 0.585. The lowest BCUT2D eigenvalue weighted by Gasteiger charge is -2.25. The standard InChI is InChI=1S/C23H28N4O3/c1-25(2)15-16-26(14-8-11-18-9-4-3-5-10-18)21(28)17-27-23(30)20-13-7-6-12-19(20)22(29)24-27/h3-7,9-10,12-13H,8,11,14-17H2,1-2H3,(H,24,29). The highest BCUT2D eigenvalue weighted by Gasteiger charge is 2.16. The second-order valence-corrected chi connectivity index (χ2v) is 7.65. The second kappa shape index (κ2) is 10.0. The number of H-pyrrole nitrogens is 1. The van der Waals surface area contributed by atoms with E-state index in [1.165, 1.54) is 5.56 Å². The summed E-state index contributed by atoms with van der Waals surface area (Å²) in [7, 11) is 3.91. The minimum absolute atomic E-state index is 0.182. The van der Waals surface area contributed by atoms with Gasteiger partial charge in [0.1, 0.15) is 6.54 Å². The van der Waals surface area contributed by atoms with Crippen LogP contribution in [-0.2, 0) is 17.8 Å². The molecule has 1 aromatic heterocycles. The zero-order valence-corrected chi connectivity index (χ0v) is 17.5. The van der Waals surface area contributed by atoms with Gasteiger partial charge in [-0.05, 0) is 44.6 Å². The van der Waals surface area contributed by atoms with Crippen LogP contribution in [0.4, 0.5) is 0 Å². The molecule has 0 atom stereocenters. The number of amides is 1. The number of nitrogens with zero attached hydrogens (tertiary/aromatic N) is 3. The first-order valence-electron chi connectivity index (χ1n) is 10.1.